The lowest BCUT2D eigenvalue weighted by atomic mass is 10.3. The lowest BCUT2D eigenvalue weighted by Crippen LogP contribution is -2.49. The Morgan fingerprint density at radius 3 is 2.67 bits per heavy atom. The van der Waals surface area contributed by atoms with E-state index in [0.717, 1.165) is 18.9 Å². The Bertz CT molecular complexity index is 721. The number of nitrogens with zero attached hydrogens (tertiary/aromatic N) is 4. The molecule has 2 heterocycles. The second-order valence-corrected chi connectivity index (χ2v) is 5.88. The molecule has 6 nitrogen and oxygen atoms in total. The van der Waals surface area contributed by atoms with Crippen LogP contribution >= 0.6 is 11.6 Å². The molecule has 0 unspecified atom stereocenters. The van der Waals surface area contributed by atoms with E-state index in [1.54, 1.807) is 24.4 Å². The maximum atomic E-state index is 13.5. The van der Waals surface area contributed by atoms with Crippen molar-refractivity contribution in [2.24, 2.45) is 0 Å². The highest BCUT2D eigenvalue weighted by Gasteiger charge is 2.20. The number of hydrogen-bond acceptors (Lipinski definition) is 5. The summed E-state index contributed by atoms with van der Waals surface area (Å²) in [4.78, 5) is 24.4. The maximum Gasteiger partial charge on any atom is 0.238 e. The molecule has 1 aliphatic heterocycles. The number of benzene rings is 1. The normalized spacial score (nSPS) is 15.3. The molecule has 8 heteroatoms. The van der Waals surface area contributed by atoms with E-state index in [-0.39, 0.29) is 18.1 Å². The molecule has 126 valence electrons. The van der Waals surface area contributed by atoms with Gasteiger partial charge in [-0.25, -0.2) is 9.37 Å². The molecule has 1 aromatic heterocycles. The van der Waals surface area contributed by atoms with E-state index >= 15 is 0 Å². The van der Waals surface area contributed by atoms with Gasteiger partial charge in [0, 0.05) is 26.2 Å². The Labute approximate surface area is 144 Å². The number of nitrogens with one attached hydrogen (secondary N) is 1. The zero-order chi connectivity index (χ0) is 16.9. The molecule has 1 aliphatic rings. The van der Waals surface area contributed by atoms with Crippen LogP contribution < -0.4 is 10.2 Å². The summed E-state index contributed by atoms with van der Waals surface area (Å²) in [7, 11) is 0. The van der Waals surface area contributed by atoms with Gasteiger partial charge in [-0.15, -0.1) is 0 Å². The van der Waals surface area contributed by atoms with Crippen molar-refractivity contribution in [3.8, 4) is 0 Å². The predicted molar refractivity (Wildman–Crippen MR) is 90.7 cm³/mol. The van der Waals surface area contributed by atoms with Gasteiger partial charge in [-0.1, -0.05) is 23.7 Å². The van der Waals surface area contributed by atoms with Gasteiger partial charge in [-0.05, 0) is 12.1 Å². The Kier molecular flexibility index (Phi) is 5.22. The minimum atomic E-state index is -0.435. The monoisotopic (exact) mass is 349 g/mol. The van der Waals surface area contributed by atoms with Crippen molar-refractivity contribution in [2.75, 3.05) is 42.9 Å². The molecule has 1 amide bonds. The Morgan fingerprint density at radius 1 is 1.21 bits per heavy atom. The first kappa shape index (κ1) is 16.6. The van der Waals surface area contributed by atoms with Crippen LogP contribution in [0.3, 0.4) is 0 Å². The van der Waals surface area contributed by atoms with Crippen molar-refractivity contribution in [3.63, 3.8) is 0 Å². The van der Waals surface area contributed by atoms with Gasteiger partial charge in [0.2, 0.25) is 5.91 Å². The van der Waals surface area contributed by atoms with Crippen LogP contribution in [0.4, 0.5) is 15.9 Å². The molecule has 0 bridgehead atoms. The molecule has 1 aromatic carbocycles. The maximum absolute atomic E-state index is 13.5. The third-order valence-corrected chi connectivity index (χ3v) is 3.99. The van der Waals surface area contributed by atoms with Gasteiger partial charge >= 0.3 is 0 Å². The summed E-state index contributed by atoms with van der Waals surface area (Å²) in [5, 5.41) is 2.96. The smallest absolute Gasteiger partial charge is 0.238 e. The molecular formula is C16H17ClFN5O. The van der Waals surface area contributed by atoms with Crippen LogP contribution in [0.1, 0.15) is 0 Å². The molecular weight excluding hydrogens is 333 g/mol. The van der Waals surface area contributed by atoms with Gasteiger partial charge in [0.05, 0.1) is 24.6 Å². The van der Waals surface area contributed by atoms with E-state index in [4.69, 9.17) is 11.6 Å². The standard InChI is InChI=1S/C16H17ClFN5O/c17-14-9-19-10-15(21-14)23-7-5-22(6-8-23)11-16(24)20-13-4-2-1-3-12(13)18/h1-4,9-10H,5-8,11H2,(H,20,24). The number of hydrogen-bond donors (Lipinski definition) is 1. The first-order valence-electron chi connectivity index (χ1n) is 7.61. The zero-order valence-corrected chi connectivity index (χ0v) is 13.7. The molecule has 0 radical (unpaired) electrons. The lowest BCUT2D eigenvalue weighted by Gasteiger charge is -2.34. The fourth-order valence-electron chi connectivity index (χ4n) is 2.58. The summed E-state index contributed by atoms with van der Waals surface area (Å²) in [6.45, 7) is 3.09. The molecule has 0 spiro atoms. The van der Waals surface area contributed by atoms with E-state index in [2.05, 4.69) is 20.2 Å². The van der Waals surface area contributed by atoms with Crippen molar-refractivity contribution in [3.05, 3.63) is 47.6 Å². The highest BCUT2D eigenvalue weighted by atomic mass is 35.5. The summed E-state index contributed by atoms with van der Waals surface area (Å²) in [6, 6.07) is 6.13. The highest BCUT2D eigenvalue weighted by molar-refractivity contribution is 6.29. The Morgan fingerprint density at radius 2 is 1.96 bits per heavy atom. The van der Waals surface area contributed by atoms with Crippen LogP contribution in [0.2, 0.25) is 5.15 Å². The molecule has 2 aromatic rings. The highest BCUT2D eigenvalue weighted by Crippen LogP contribution is 2.15. The van der Waals surface area contributed by atoms with Gasteiger partial charge in [0.1, 0.15) is 16.8 Å². The van der Waals surface area contributed by atoms with Gasteiger partial charge in [0.25, 0.3) is 0 Å². The van der Waals surface area contributed by atoms with Crippen molar-refractivity contribution >= 4 is 29.0 Å². The van der Waals surface area contributed by atoms with Crippen LogP contribution in [0, 0.1) is 5.82 Å². The molecule has 1 saturated heterocycles. The van der Waals surface area contributed by atoms with Crippen LogP contribution in [-0.4, -0.2) is 53.5 Å². The molecule has 1 N–H and O–H groups in total. The summed E-state index contributed by atoms with van der Waals surface area (Å²) < 4.78 is 13.5. The van der Waals surface area contributed by atoms with Crippen LogP contribution in [0.5, 0.6) is 0 Å². The number of anilines is 2. The largest absolute Gasteiger partial charge is 0.353 e. The minimum Gasteiger partial charge on any atom is -0.353 e. The molecule has 0 atom stereocenters. The second kappa shape index (κ2) is 7.55. The second-order valence-electron chi connectivity index (χ2n) is 5.49. The van der Waals surface area contributed by atoms with Gasteiger partial charge in [-0.3, -0.25) is 14.7 Å². The average molecular weight is 350 g/mol. The quantitative estimate of drug-likeness (QED) is 0.915. The SMILES string of the molecule is O=C(CN1CCN(c2cncc(Cl)n2)CC1)Nc1ccccc1F. The van der Waals surface area contributed by atoms with Crippen LogP contribution in [-0.2, 0) is 4.79 Å². The number of amides is 1. The third-order valence-electron chi connectivity index (χ3n) is 3.80. The number of halogens is 2. The topological polar surface area (TPSA) is 61.4 Å². The number of para-hydroxylation sites is 1. The van der Waals surface area contributed by atoms with Crippen LogP contribution in [0.15, 0.2) is 36.7 Å². The third kappa shape index (κ3) is 4.18. The minimum absolute atomic E-state index is 0.204. The zero-order valence-electron chi connectivity index (χ0n) is 13.0. The van der Waals surface area contributed by atoms with Crippen molar-refractivity contribution in [2.45, 2.75) is 0 Å². The number of rotatable bonds is 4. The first-order chi connectivity index (χ1) is 11.6. The summed E-state index contributed by atoms with van der Waals surface area (Å²) in [6.07, 6.45) is 3.17. The summed E-state index contributed by atoms with van der Waals surface area (Å²) in [5.41, 5.74) is 0.204. The summed E-state index contributed by atoms with van der Waals surface area (Å²) in [5.74, 6) is 0.0734. The molecule has 0 saturated carbocycles. The lowest BCUT2D eigenvalue weighted by molar-refractivity contribution is -0.117. The molecule has 3 rings (SSSR count). The molecule has 0 aliphatic carbocycles. The van der Waals surface area contributed by atoms with Crippen molar-refractivity contribution in [1.29, 1.82) is 0 Å². The van der Waals surface area contributed by atoms with Gasteiger partial charge < -0.3 is 10.2 Å². The number of carbonyl (C=O) groups is 1. The number of piperazine rings is 1. The van der Waals surface area contributed by atoms with E-state index in [1.165, 1.54) is 12.3 Å². The van der Waals surface area contributed by atoms with E-state index in [9.17, 15) is 9.18 Å². The number of carbonyl (C=O) groups excluding carboxylic acids is 1. The Balaban J connectivity index is 1.50. The predicted octanol–water partition coefficient (Wildman–Crippen LogP) is 2.03. The van der Waals surface area contributed by atoms with Crippen molar-refractivity contribution < 1.29 is 9.18 Å². The van der Waals surface area contributed by atoms with E-state index < -0.39 is 5.82 Å². The fraction of sp³-hybridized carbons (Fsp3) is 0.312. The fourth-order valence-corrected chi connectivity index (χ4v) is 2.72. The van der Waals surface area contributed by atoms with Crippen molar-refractivity contribution in [1.82, 2.24) is 14.9 Å². The van der Waals surface area contributed by atoms with Crippen LogP contribution in [0.25, 0.3) is 0 Å². The van der Waals surface area contributed by atoms with Gasteiger partial charge in [-0.2, -0.15) is 0 Å². The molecule has 1 fully saturated rings. The van der Waals surface area contributed by atoms with E-state index in [1.807, 2.05) is 4.90 Å². The number of aromatic nitrogens is 2. The first-order valence-corrected chi connectivity index (χ1v) is 7.99. The van der Waals surface area contributed by atoms with E-state index in [0.29, 0.717) is 18.2 Å². The molecule has 24 heavy (non-hydrogen) atoms. The summed E-state index contributed by atoms with van der Waals surface area (Å²) >= 11 is 5.86. The average Bonchev–Trinajstić information content (AvgIpc) is 2.58. The van der Waals surface area contributed by atoms with Gasteiger partial charge in [0.15, 0.2) is 0 Å². The Hall–Kier alpha value is -2.25.